The molecular formula is C23H24N2O4. The molecule has 1 amide bonds. The van der Waals surface area contributed by atoms with Crippen molar-refractivity contribution in [2.75, 3.05) is 26.6 Å². The fraction of sp³-hybridized carbons (Fsp3) is 0.348. The van der Waals surface area contributed by atoms with Gasteiger partial charge >= 0.3 is 0 Å². The van der Waals surface area contributed by atoms with E-state index < -0.39 is 0 Å². The van der Waals surface area contributed by atoms with Crippen LogP contribution in [-0.4, -0.2) is 42.3 Å². The van der Waals surface area contributed by atoms with Gasteiger partial charge < -0.3 is 24.1 Å². The van der Waals surface area contributed by atoms with Crippen LogP contribution in [0.25, 0.3) is 10.9 Å². The van der Waals surface area contributed by atoms with Gasteiger partial charge in [0.15, 0.2) is 11.5 Å². The minimum atomic E-state index is -0.0631. The Morgan fingerprint density at radius 1 is 1.10 bits per heavy atom. The fourth-order valence-electron chi connectivity index (χ4n) is 4.17. The first kappa shape index (κ1) is 18.1. The topological polar surface area (TPSA) is 63.8 Å². The highest BCUT2D eigenvalue weighted by molar-refractivity contribution is 5.83. The first-order chi connectivity index (χ1) is 14.3. The van der Waals surface area contributed by atoms with Crippen LogP contribution >= 0.6 is 0 Å². The van der Waals surface area contributed by atoms with Gasteiger partial charge in [0, 0.05) is 42.4 Å². The molecular weight excluding hydrogens is 368 g/mol. The van der Waals surface area contributed by atoms with Crippen LogP contribution in [-0.2, 0) is 22.5 Å². The summed E-state index contributed by atoms with van der Waals surface area (Å²) in [5.74, 6) is 1.58. The van der Waals surface area contributed by atoms with E-state index in [1.165, 1.54) is 10.9 Å². The fourth-order valence-corrected chi connectivity index (χ4v) is 4.17. The van der Waals surface area contributed by atoms with Crippen LogP contribution in [0.3, 0.4) is 0 Å². The zero-order valence-corrected chi connectivity index (χ0v) is 16.2. The number of para-hydroxylation sites is 2. The maximum absolute atomic E-state index is 13.2. The average Bonchev–Trinajstić information content (AvgIpc) is 3.51. The van der Waals surface area contributed by atoms with E-state index in [-0.39, 0.29) is 18.6 Å². The number of benzene rings is 2. The van der Waals surface area contributed by atoms with Crippen molar-refractivity contribution < 1.29 is 19.0 Å². The Kier molecular flexibility index (Phi) is 4.86. The molecule has 1 saturated heterocycles. The van der Waals surface area contributed by atoms with Crippen LogP contribution in [0, 0.1) is 5.92 Å². The highest BCUT2D eigenvalue weighted by Gasteiger charge is 2.29. The number of rotatable bonds is 6. The summed E-state index contributed by atoms with van der Waals surface area (Å²) in [6.07, 6.45) is 3.62. The van der Waals surface area contributed by atoms with Gasteiger partial charge in [-0.25, -0.2) is 0 Å². The maximum Gasteiger partial charge on any atom is 0.231 e. The molecule has 5 rings (SSSR count). The second-order valence-corrected chi connectivity index (χ2v) is 7.58. The van der Waals surface area contributed by atoms with Crippen molar-refractivity contribution in [3.63, 3.8) is 0 Å². The summed E-state index contributed by atoms with van der Waals surface area (Å²) in [5, 5.41) is 1.21. The van der Waals surface area contributed by atoms with Crippen LogP contribution in [0.2, 0.25) is 0 Å². The number of aromatic nitrogens is 1. The Labute approximate surface area is 169 Å². The lowest BCUT2D eigenvalue weighted by Gasteiger charge is -2.26. The van der Waals surface area contributed by atoms with Crippen LogP contribution < -0.4 is 9.47 Å². The molecule has 6 nitrogen and oxygen atoms in total. The molecule has 0 radical (unpaired) electrons. The standard InChI is InChI=1S/C23H24N2O4/c26-23(18-9-11-27-14-18)25(13-17-4-3-7-21-22(17)29-15-28-21)10-8-16-12-24-20-6-2-1-5-19(16)20/h1-7,12,18,24H,8-11,13-15H2. The normalized spacial score (nSPS) is 17.7. The molecule has 0 saturated carbocycles. The zero-order valence-electron chi connectivity index (χ0n) is 16.2. The Morgan fingerprint density at radius 3 is 2.93 bits per heavy atom. The monoisotopic (exact) mass is 392 g/mol. The lowest BCUT2D eigenvalue weighted by molar-refractivity contribution is -0.136. The molecule has 1 atom stereocenters. The third-order valence-electron chi connectivity index (χ3n) is 5.76. The molecule has 0 bridgehead atoms. The Hall–Kier alpha value is -2.99. The summed E-state index contributed by atoms with van der Waals surface area (Å²) in [4.78, 5) is 18.5. The molecule has 0 aliphatic carbocycles. The number of carbonyl (C=O) groups excluding carboxylic acids is 1. The molecule has 3 aromatic rings. The predicted molar refractivity (Wildman–Crippen MR) is 109 cm³/mol. The third kappa shape index (κ3) is 3.56. The number of nitrogens with zero attached hydrogens (tertiary/aromatic N) is 1. The maximum atomic E-state index is 13.2. The van der Waals surface area contributed by atoms with E-state index in [4.69, 9.17) is 14.2 Å². The van der Waals surface area contributed by atoms with Gasteiger partial charge in [0.1, 0.15) is 0 Å². The minimum absolute atomic E-state index is 0.0631. The molecule has 2 aliphatic rings. The van der Waals surface area contributed by atoms with Crippen molar-refractivity contribution in [1.82, 2.24) is 9.88 Å². The second kappa shape index (κ2) is 7.79. The van der Waals surface area contributed by atoms with Gasteiger partial charge in [0.25, 0.3) is 0 Å². The van der Waals surface area contributed by atoms with Crippen LogP contribution in [0.4, 0.5) is 0 Å². The molecule has 2 aliphatic heterocycles. The lowest BCUT2D eigenvalue weighted by Crippen LogP contribution is -2.37. The number of hydrogen-bond acceptors (Lipinski definition) is 4. The van der Waals surface area contributed by atoms with Crippen molar-refractivity contribution in [2.24, 2.45) is 5.92 Å². The number of H-pyrrole nitrogens is 1. The molecule has 6 heteroatoms. The minimum Gasteiger partial charge on any atom is -0.454 e. The summed E-state index contributed by atoms with van der Waals surface area (Å²) >= 11 is 0. The number of carbonyl (C=O) groups is 1. The van der Waals surface area contributed by atoms with Gasteiger partial charge in [0.2, 0.25) is 12.7 Å². The van der Waals surface area contributed by atoms with E-state index in [1.54, 1.807) is 0 Å². The number of hydrogen-bond donors (Lipinski definition) is 1. The number of aromatic amines is 1. The van der Waals surface area contributed by atoms with Crippen LogP contribution in [0.5, 0.6) is 11.5 Å². The van der Waals surface area contributed by atoms with E-state index in [1.807, 2.05) is 41.4 Å². The SMILES string of the molecule is O=C(C1CCOC1)N(CCc1c[nH]c2ccccc12)Cc1cccc2c1OCO2. The number of fused-ring (bicyclic) bond motifs is 2. The second-order valence-electron chi connectivity index (χ2n) is 7.58. The molecule has 29 heavy (non-hydrogen) atoms. The van der Waals surface area contributed by atoms with Crippen molar-refractivity contribution in [2.45, 2.75) is 19.4 Å². The number of ether oxygens (including phenoxy) is 3. The van der Waals surface area contributed by atoms with Gasteiger partial charge in [-0.05, 0) is 30.5 Å². The molecule has 150 valence electrons. The molecule has 0 spiro atoms. The molecule has 1 fully saturated rings. The Bertz CT molecular complexity index is 1020. The van der Waals surface area contributed by atoms with Gasteiger partial charge in [-0.3, -0.25) is 4.79 Å². The summed E-state index contributed by atoms with van der Waals surface area (Å²) in [5.41, 5.74) is 3.32. The highest BCUT2D eigenvalue weighted by Crippen LogP contribution is 2.36. The third-order valence-corrected chi connectivity index (χ3v) is 5.76. The van der Waals surface area contributed by atoms with Crippen molar-refractivity contribution in [3.05, 3.63) is 59.8 Å². The first-order valence-corrected chi connectivity index (χ1v) is 10.1. The van der Waals surface area contributed by atoms with Crippen molar-refractivity contribution in [1.29, 1.82) is 0 Å². The molecule has 1 aromatic heterocycles. The quantitative estimate of drug-likeness (QED) is 0.697. The molecule has 1 unspecified atom stereocenters. The van der Waals surface area contributed by atoms with Gasteiger partial charge in [-0.15, -0.1) is 0 Å². The molecule has 1 N–H and O–H groups in total. The van der Waals surface area contributed by atoms with E-state index in [2.05, 4.69) is 17.1 Å². The molecule has 3 heterocycles. The van der Waals surface area contributed by atoms with Gasteiger partial charge in [-0.1, -0.05) is 30.3 Å². The van der Waals surface area contributed by atoms with E-state index in [0.29, 0.717) is 26.3 Å². The predicted octanol–water partition coefficient (Wildman–Crippen LogP) is 3.50. The summed E-state index contributed by atoms with van der Waals surface area (Å²) in [6.45, 7) is 2.54. The summed E-state index contributed by atoms with van der Waals surface area (Å²) < 4.78 is 16.6. The zero-order chi connectivity index (χ0) is 19.6. The molecule has 2 aromatic carbocycles. The summed E-state index contributed by atoms with van der Waals surface area (Å²) in [7, 11) is 0. The average molecular weight is 392 g/mol. The number of nitrogens with one attached hydrogen (secondary N) is 1. The Balaban J connectivity index is 1.38. The highest BCUT2D eigenvalue weighted by atomic mass is 16.7. The van der Waals surface area contributed by atoms with Gasteiger partial charge in [0.05, 0.1) is 12.5 Å². The van der Waals surface area contributed by atoms with Crippen molar-refractivity contribution >= 4 is 16.8 Å². The van der Waals surface area contributed by atoms with Crippen molar-refractivity contribution in [3.8, 4) is 11.5 Å². The van der Waals surface area contributed by atoms with E-state index >= 15 is 0 Å². The Morgan fingerprint density at radius 2 is 2.03 bits per heavy atom. The largest absolute Gasteiger partial charge is 0.454 e. The lowest BCUT2D eigenvalue weighted by atomic mass is 10.0. The van der Waals surface area contributed by atoms with Gasteiger partial charge in [-0.2, -0.15) is 0 Å². The summed E-state index contributed by atoms with van der Waals surface area (Å²) in [6, 6.07) is 14.1. The van der Waals surface area contributed by atoms with Crippen LogP contribution in [0.1, 0.15) is 17.5 Å². The smallest absolute Gasteiger partial charge is 0.231 e. The van der Waals surface area contributed by atoms with E-state index in [0.717, 1.165) is 35.4 Å². The van der Waals surface area contributed by atoms with E-state index in [9.17, 15) is 4.79 Å². The first-order valence-electron chi connectivity index (χ1n) is 10.1. The van der Waals surface area contributed by atoms with Crippen LogP contribution in [0.15, 0.2) is 48.7 Å². The number of amides is 1.